The highest BCUT2D eigenvalue weighted by molar-refractivity contribution is 6.22. The summed E-state index contributed by atoms with van der Waals surface area (Å²) in [5, 5.41) is 0. The molecular weight excluding hydrogens is 480 g/mol. The second kappa shape index (κ2) is 9.56. The molecular formula is C31H30N2O5. The van der Waals surface area contributed by atoms with Crippen LogP contribution >= 0.6 is 0 Å². The van der Waals surface area contributed by atoms with Gasteiger partial charge in [-0.05, 0) is 56.9 Å². The van der Waals surface area contributed by atoms with Crippen LogP contribution in [0.2, 0.25) is 0 Å². The molecule has 2 heterocycles. The molecule has 2 aliphatic heterocycles. The molecule has 3 aromatic rings. The maximum atomic E-state index is 14.3. The van der Waals surface area contributed by atoms with Crippen molar-refractivity contribution in [2.75, 3.05) is 6.54 Å². The molecule has 7 heteroatoms. The smallest absolute Gasteiger partial charge is 0.329 e. The van der Waals surface area contributed by atoms with Crippen LogP contribution in [0.4, 0.5) is 0 Å². The lowest BCUT2D eigenvalue weighted by molar-refractivity contribution is -0.165. The standard InChI is InChI=1S/C31H30N2O5/c1-30(2,3)38-29(37)25-18-19-31(21-12-6-4-7-13-21,22-14-8-5-9-15-22)33(25)26(34)20-32-27(35)23-16-10-11-17-24(23)28(32)36/h4-17,25H,18-20H2,1-3H3/t25-/m0/s1. The molecule has 0 radical (unpaired) electrons. The monoisotopic (exact) mass is 510 g/mol. The number of fused-ring (bicyclic) bond motifs is 1. The van der Waals surface area contributed by atoms with Gasteiger partial charge in [-0.3, -0.25) is 19.3 Å². The van der Waals surface area contributed by atoms with Crippen molar-refractivity contribution in [3.63, 3.8) is 0 Å². The highest BCUT2D eigenvalue weighted by atomic mass is 16.6. The normalized spacial score (nSPS) is 18.4. The van der Waals surface area contributed by atoms with Gasteiger partial charge in [-0.25, -0.2) is 4.79 Å². The van der Waals surface area contributed by atoms with Crippen molar-refractivity contribution >= 4 is 23.7 Å². The zero-order chi connectivity index (χ0) is 27.1. The minimum atomic E-state index is -0.986. The van der Waals surface area contributed by atoms with Gasteiger partial charge in [0.1, 0.15) is 18.2 Å². The van der Waals surface area contributed by atoms with Crippen LogP contribution in [-0.4, -0.2) is 51.7 Å². The van der Waals surface area contributed by atoms with Gasteiger partial charge in [-0.2, -0.15) is 0 Å². The Balaban J connectivity index is 1.60. The molecule has 1 fully saturated rings. The molecule has 0 saturated carbocycles. The quantitative estimate of drug-likeness (QED) is 0.371. The van der Waals surface area contributed by atoms with Crippen molar-refractivity contribution in [2.24, 2.45) is 0 Å². The SMILES string of the molecule is CC(C)(C)OC(=O)[C@@H]1CCC(c2ccccc2)(c2ccccc2)N1C(=O)CN1C(=O)c2ccccc2C1=O. The van der Waals surface area contributed by atoms with Gasteiger partial charge in [-0.15, -0.1) is 0 Å². The summed E-state index contributed by atoms with van der Waals surface area (Å²) in [6.07, 6.45) is 0.839. The van der Waals surface area contributed by atoms with Crippen molar-refractivity contribution in [3.05, 3.63) is 107 Å². The van der Waals surface area contributed by atoms with E-state index in [-0.39, 0.29) is 11.1 Å². The minimum Gasteiger partial charge on any atom is -0.458 e. The van der Waals surface area contributed by atoms with Crippen LogP contribution in [0.3, 0.4) is 0 Å². The van der Waals surface area contributed by atoms with Gasteiger partial charge < -0.3 is 9.64 Å². The first-order chi connectivity index (χ1) is 18.1. The number of nitrogens with zero attached hydrogens (tertiary/aromatic N) is 2. The summed E-state index contributed by atoms with van der Waals surface area (Å²) >= 11 is 0. The van der Waals surface area contributed by atoms with Crippen LogP contribution in [0.5, 0.6) is 0 Å². The maximum absolute atomic E-state index is 14.3. The number of benzene rings is 3. The Morgan fingerprint density at radius 1 is 0.816 bits per heavy atom. The number of hydrogen-bond donors (Lipinski definition) is 0. The Kier molecular flexibility index (Phi) is 6.39. The Bertz CT molecular complexity index is 1320. The lowest BCUT2D eigenvalue weighted by Crippen LogP contribution is -2.55. The van der Waals surface area contributed by atoms with E-state index in [1.807, 2.05) is 60.7 Å². The number of likely N-dealkylation sites (tertiary alicyclic amines) is 1. The van der Waals surface area contributed by atoms with E-state index in [0.717, 1.165) is 16.0 Å². The number of carbonyl (C=O) groups excluding carboxylic acids is 4. The van der Waals surface area contributed by atoms with E-state index in [1.54, 1.807) is 49.9 Å². The first-order valence-electron chi connectivity index (χ1n) is 12.7. The molecule has 0 unspecified atom stereocenters. The first kappa shape index (κ1) is 25.4. The van der Waals surface area contributed by atoms with Crippen LogP contribution in [0.1, 0.15) is 65.5 Å². The average Bonchev–Trinajstić information content (AvgIpc) is 3.42. The van der Waals surface area contributed by atoms with Crippen molar-refractivity contribution in [3.8, 4) is 0 Å². The topological polar surface area (TPSA) is 84.0 Å². The van der Waals surface area contributed by atoms with Crippen molar-refractivity contribution in [2.45, 2.75) is 50.8 Å². The number of ether oxygens (including phenoxy) is 1. The molecule has 38 heavy (non-hydrogen) atoms. The molecule has 3 aromatic carbocycles. The maximum Gasteiger partial charge on any atom is 0.329 e. The van der Waals surface area contributed by atoms with Gasteiger partial charge in [0.2, 0.25) is 5.91 Å². The Labute approximate surface area is 222 Å². The summed E-state index contributed by atoms with van der Waals surface area (Å²) in [5.74, 6) is -2.04. The van der Waals surface area contributed by atoms with Gasteiger partial charge in [0.25, 0.3) is 11.8 Å². The summed E-state index contributed by atoms with van der Waals surface area (Å²) in [4.78, 5) is 56.5. The number of carbonyl (C=O) groups is 4. The summed E-state index contributed by atoms with van der Waals surface area (Å²) in [5.41, 5.74) is 0.486. The Morgan fingerprint density at radius 3 is 1.76 bits per heavy atom. The molecule has 0 spiro atoms. The van der Waals surface area contributed by atoms with Gasteiger partial charge >= 0.3 is 5.97 Å². The fourth-order valence-electron chi connectivity index (χ4n) is 5.60. The van der Waals surface area contributed by atoms with Crippen molar-refractivity contribution in [1.82, 2.24) is 9.80 Å². The lowest BCUT2D eigenvalue weighted by Gasteiger charge is -2.42. The summed E-state index contributed by atoms with van der Waals surface area (Å²) in [7, 11) is 0. The molecule has 0 aliphatic carbocycles. The largest absolute Gasteiger partial charge is 0.458 e. The summed E-state index contributed by atoms with van der Waals surface area (Å²) in [6, 6.07) is 24.8. The number of imide groups is 1. The fourth-order valence-corrected chi connectivity index (χ4v) is 5.60. The van der Waals surface area contributed by atoms with E-state index in [1.165, 1.54) is 0 Å². The van der Waals surface area contributed by atoms with E-state index in [4.69, 9.17) is 4.74 Å². The second-order valence-electron chi connectivity index (χ2n) is 10.7. The van der Waals surface area contributed by atoms with Crippen molar-refractivity contribution < 1.29 is 23.9 Å². The van der Waals surface area contributed by atoms with Crippen LogP contribution < -0.4 is 0 Å². The number of rotatable bonds is 5. The van der Waals surface area contributed by atoms with E-state index < -0.39 is 47.4 Å². The third kappa shape index (κ3) is 4.28. The van der Waals surface area contributed by atoms with E-state index in [9.17, 15) is 19.2 Å². The summed E-state index contributed by atoms with van der Waals surface area (Å²) < 4.78 is 5.75. The van der Waals surface area contributed by atoms with Crippen LogP contribution in [0.25, 0.3) is 0 Å². The van der Waals surface area contributed by atoms with E-state index >= 15 is 0 Å². The zero-order valence-corrected chi connectivity index (χ0v) is 21.7. The predicted octanol–water partition coefficient (Wildman–Crippen LogP) is 4.56. The van der Waals surface area contributed by atoms with Gasteiger partial charge in [0.15, 0.2) is 0 Å². The predicted molar refractivity (Wildman–Crippen MR) is 141 cm³/mol. The molecule has 3 amide bonds. The lowest BCUT2D eigenvalue weighted by atomic mass is 9.80. The minimum absolute atomic E-state index is 0.271. The van der Waals surface area contributed by atoms with Crippen molar-refractivity contribution in [1.29, 1.82) is 0 Å². The molecule has 1 atom stereocenters. The Morgan fingerprint density at radius 2 is 1.29 bits per heavy atom. The zero-order valence-electron chi connectivity index (χ0n) is 21.7. The third-order valence-corrected chi connectivity index (χ3v) is 7.12. The van der Waals surface area contributed by atoms with E-state index in [0.29, 0.717) is 12.8 Å². The molecule has 0 bridgehead atoms. The third-order valence-electron chi connectivity index (χ3n) is 7.12. The van der Waals surface area contributed by atoms with Crippen LogP contribution in [-0.2, 0) is 19.9 Å². The molecule has 5 rings (SSSR count). The second-order valence-corrected chi connectivity index (χ2v) is 10.7. The van der Waals surface area contributed by atoms with Gasteiger partial charge in [-0.1, -0.05) is 72.8 Å². The number of hydrogen-bond acceptors (Lipinski definition) is 5. The number of esters is 1. The molecule has 0 N–H and O–H groups in total. The molecule has 7 nitrogen and oxygen atoms in total. The fraction of sp³-hybridized carbons (Fsp3) is 0.290. The molecule has 2 aliphatic rings. The first-order valence-corrected chi connectivity index (χ1v) is 12.7. The van der Waals surface area contributed by atoms with Crippen LogP contribution in [0.15, 0.2) is 84.9 Å². The van der Waals surface area contributed by atoms with Gasteiger partial charge in [0.05, 0.1) is 16.7 Å². The van der Waals surface area contributed by atoms with Crippen LogP contribution in [0, 0.1) is 0 Å². The molecule has 1 saturated heterocycles. The molecule has 0 aromatic heterocycles. The highest BCUT2D eigenvalue weighted by Crippen LogP contribution is 2.48. The average molecular weight is 511 g/mol. The van der Waals surface area contributed by atoms with E-state index in [2.05, 4.69) is 0 Å². The van der Waals surface area contributed by atoms with Gasteiger partial charge in [0, 0.05) is 0 Å². The highest BCUT2D eigenvalue weighted by Gasteiger charge is 2.55. The Hall–Kier alpha value is -4.26. The molecule has 194 valence electrons. The summed E-state index contributed by atoms with van der Waals surface area (Å²) in [6.45, 7) is 4.87. The number of amides is 3.